The molecule has 0 heterocycles. The molecule has 0 aromatic heterocycles. The highest BCUT2D eigenvalue weighted by molar-refractivity contribution is 5.86. The van der Waals surface area contributed by atoms with Crippen LogP contribution in [0.1, 0.15) is 6.92 Å². The van der Waals surface area contributed by atoms with Crippen molar-refractivity contribution in [3.8, 4) is 0 Å². The van der Waals surface area contributed by atoms with Gasteiger partial charge in [0, 0.05) is 5.69 Å². The molecule has 0 saturated carbocycles. The maximum Gasteiger partial charge on any atom is 0.414 e. The van der Waals surface area contributed by atoms with Crippen molar-refractivity contribution in [3.63, 3.8) is 0 Å². The van der Waals surface area contributed by atoms with Crippen LogP contribution in [0.3, 0.4) is 0 Å². The van der Waals surface area contributed by atoms with Gasteiger partial charge in [0.05, 0.1) is 6.61 Å². The van der Waals surface area contributed by atoms with E-state index in [1.807, 2.05) is 0 Å². The molecule has 6 nitrogen and oxygen atoms in total. The fourth-order valence-electron chi connectivity index (χ4n) is 1.03. The molecule has 0 aliphatic rings. The minimum atomic E-state index is -1.92. The largest absolute Gasteiger partial charge is 0.461 e. The summed E-state index contributed by atoms with van der Waals surface area (Å²) in [6.45, 7) is 1.67. The molecule has 1 atom stereocenters. The zero-order chi connectivity index (χ0) is 12.7. The summed E-state index contributed by atoms with van der Waals surface area (Å²) >= 11 is 0. The molecule has 92 valence electrons. The molecule has 1 unspecified atom stereocenters. The van der Waals surface area contributed by atoms with Gasteiger partial charge in [0.1, 0.15) is 0 Å². The first-order valence-electron chi connectivity index (χ1n) is 5.01. The summed E-state index contributed by atoms with van der Waals surface area (Å²) < 4.78 is 8.86. The van der Waals surface area contributed by atoms with Gasteiger partial charge < -0.3 is 14.6 Å². The van der Waals surface area contributed by atoms with Crippen LogP contribution in [-0.2, 0) is 14.3 Å². The summed E-state index contributed by atoms with van der Waals surface area (Å²) in [6, 6.07) is 8.49. The number of aliphatic hydroxyl groups excluding tert-OH is 1. The Morgan fingerprint density at radius 2 is 2.00 bits per heavy atom. The van der Waals surface area contributed by atoms with Crippen molar-refractivity contribution in [2.24, 2.45) is 0 Å². The van der Waals surface area contributed by atoms with Gasteiger partial charge >= 0.3 is 18.4 Å². The molecule has 0 fully saturated rings. The second-order valence-corrected chi connectivity index (χ2v) is 3.00. The predicted molar refractivity (Wildman–Crippen MR) is 59.2 cm³/mol. The van der Waals surface area contributed by atoms with Crippen LogP contribution in [0.5, 0.6) is 0 Å². The number of hydrogen-bond donors (Lipinski definition) is 2. The number of amides is 1. The van der Waals surface area contributed by atoms with Gasteiger partial charge in [-0.15, -0.1) is 0 Å². The maximum atomic E-state index is 11.2. The highest BCUT2D eigenvalue weighted by atomic mass is 16.7. The third-order valence-corrected chi connectivity index (χ3v) is 1.73. The first-order valence-corrected chi connectivity index (χ1v) is 5.01. The average molecular weight is 239 g/mol. The molecular weight excluding hydrogens is 226 g/mol. The fourth-order valence-corrected chi connectivity index (χ4v) is 1.03. The Bertz CT molecular complexity index is 379. The number of carbonyl (C=O) groups excluding carboxylic acids is 2. The Morgan fingerprint density at radius 1 is 1.35 bits per heavy atom. The molecule has 1 amide bonds. The van der Waals surface area contributed by atoms with Crippen molar-refractivity contribution in [3.05, 3.63) is 30.3 Å². The van der Waals surface area contributed by atoms with Crippen LogP contribution in [0, 0.1) is 0 Å². The number of para-hydroxylation sites is 1. The summed E-state index contributed by atoms with van der Waals surface area (Å²) in [7, 11) is 0. The summed E-state index contributed by atoms with van der Waals surface area (Å²) in [5, 5.41) is 11.5. The van der Waals surface area contributed by atoms with Crippen LogP contribution in [0.25, 0.3) is 0 Å². The standard InChI is InChI=1S/C11H13NO5/c1-2-16-9(13)10(14)17-11(15)12-8-6-4-3-5-7-8/h3-7,10,14H,2H2,1H3,(H,12,15). The number of nitrogens with one attached hydrogen (secondary N) is 1. The number of rotatable bonds is 4. The SMILES string of the molecule is CCOC(=O)C(O)OC(=O)Nc1ccccc1. The quantitative estimate of drug-likeness (QED) is 0.607. The predicted octanol–water partition coefficient (Wildman–Crippen LogP) is 1.12. The number of ether oxygens (including phenoxy) is 2. The highest BCUT2D eigenvalue weighted by Crippen LogP contribution is 2.06. The minimum Gasteiger partial charge on any atom is -0.461 e. The van der Waals surface area contributed by atoms with Gasteiger partial charge in [0.25, 0.3) is 0 Å². The van der Waals surface area contributed by atoms with Crippen LogP contribution in [-0.4, -0.2) is 30.1 Å². The lowest BCUT2D eigenvalue weighted by Gasteiger charge is -2.11. The van der Waals surface area contributed by atoms with Crippen molar-refractivity contribution in [2.45, 2.75) is 13.2 Å². The van der Waals surface area contributed by atoms with Crippen LogP contribution >= 0.6 is 0 Å². The van der Waals surface area contributed by atoms with Crippen molar-refractivity contribution in [1.29, 1.82) is 0 Å². The van der Waals surface area contributed by atoms with E-state index in [1.54, 1.807) is 37.3 Å². The van der Waals surface area contributed by atoms with E-state index in [9.17, 15) is 9.59 Å². The average Bonchev–Trinajstić information content (AvgIpc) is 2.30. The first-order chi connectivity index (χ1) is 8.13. The summed E-state index contributed by atoms with van der Waals surface area (Å²) in [4.78, 5) is 22.2. The smallest absolute Gasteiger partial charge is 0.414 e. The van der Waals surface area contributed by atoms with Gasteiger partial charge in [-0.3, -0.25) is 5.32 Å². The fraction of sp³-hybridized carbons (Fsp3) is 0.273. The lowest BCUT2D eigenvalue weighted by atomic mass is 10.3. The highest BCUT2D eigenvalue weighted by Gasteiger charge is 2.20. The van der Waals surface area contributed by atoms with Crippen LogP contribution in [0.15, 0.2) is 30.3 Å². The van der Waals surface area contributed by atoms with Crippen LogP contribution < -0.4 is 5.32 Å². The lowest BCUT2D eigenvalue weighted by molar-refractivity contribution is -0.172. The van der Waals surface area contributed by atoms with Crippen molar-refractivity contribution < 1.29 is 24.2 Å². The molecule has 6 heteroatoms. The third kappa shape index (κ3) is 4.52. The summed E-state index contributed by atoms with van der Waals surface area (Å²) in [5.41, 5.74) is 0.494. The van der Waals surface area contributed by atoms with E-state index < -0.39 is 18.4 Å². The van der Waals surface area contributed by atoms with Gasteiger partial charge in [-0.05, 0) is 19.1 Å². The molecule has 0 spiro atoms. The Morgan fingerprint density at radius 3 is 2.59 bits per heavy atom. The van der Waals surface area contributed by atoms with Crippen LogP contribution in [0.2, 0.25) is 0 Å². The van der Waals surface area contributed by atoms with E-state index in [4.69, 9.17) is 5.11 Å². The number of benzene rings is 1. The van der Waals surface area contributed by atoms with Gasteiger partial charge in [-0.25, -0.2) is 9.59 Å². The molecule has 17 heavy (non-hydrogen) atoms. The van der Waals surface area contributed by atoms with Gasteiger partial charge in [0.15, 0.2) is 0 Å². The van der Waals surface area contributed by atoms with E-state index in [1.165, 1.54) is 0 Å². The monoisotopic (exact) mass is 239 g/mol. The lowest BCUT2D eigenvalue weighted by Crippen LogP contribution is -2.30. The maximum absolute atomic E-state index is 11.2. The zero-order valence-corrected chi connectivity index (χ0v) is 9.25. The van der Waals surface area contributed by atoms with Crippen LogP contribution in [0.4, 0.5) is 10.5 Å². The number of anilines is 1. The molecule has 0 aliphatic carbocycles. The van der Waals surface area contributed by atoms with Crippen molar-refractivity contribution in [1.82, 2.24) is 0 Å². The molecule has 2 N–H and O–H groups in total. The molecule has 1 aromatic rings. The van der Waals surface area contributed by atoms with E-state index in [0.29, 0.717) is 5.69 Å². The minimum absolute atomic E-state index is 0.0968. The Hall–Kier alpha value is -2.08. The van der Waals surface area contributed by atoms with E-state index in [-0.39, 0.29) is 6.61 Å². The number of hydrogen-bond acceptors (Lipinski definition) is 5. The third-order valence-electron chi connectivity index (χ3n) is 1.73. The number of esters is 1. The van der Waals surface area contributed by atoms with E-state index in [2.05, 4.69) is 14.8 Å². The van der Waals surface area contributed by atoms with E-state index >= 15 is 0 Å². The molecule has 0 radical (unpaired) electrons. The van der Waals surface area contributed by atoms with Crippen molar-refractivity contribution >= 4 is 17.7 Å². The number of carbonyl (C=O) groups is 2. The van der Waals surface area contributed by atoms with E-state index in [0.717, 1.165) is 0 Å². The van der Waals surface area contributed by atoms with Crippen molar-refractivity contribution in [2.75, 3.05) is 11.9 Å². The molecular formula is C11H13NO5. The molecule has 1 rings (SSSR count). The Balaban J connectivity index is 2.42. The van der Waals surface area contributed by atoms with Gasteiger partial charge in [-0.2, -0.15) is 0 Å². The first kappa shape index (κ1) is 13.0. The summed E-state index contributed by atoms with van der Waals surface area (Å²) in [5.74, 6) is -1.00. The molecule has 0 aliphatic heterocycles. The summed E-state index contributed by atoms with van der Waals surface area (Å²) in [6.07, 6.45) is -2.85. The molecule has 0 bridgehead atoms. The zero-order valence-electron chi connectivity index (χ0n) is 9.25. The molecule has 0 saturated heterocycles. The second-order valence-electron chi connectivity index (χ2n) is 3.00. The van der Waals surface area contributed by atoms with Gasteiger partial charge in [-0.1, -0.05) is 18.2 Å². The Labute approximate surface area is 98.2 Å². The van der Waals surface area contributed by atoms with Gasteiger partial charge in [0.2, 0.25) is 0 Å². The second kappa shape index (κ2) is 6.49. The number of aliphatic hydroxyl groups is 1. The Kier molecular flexibility index (Phi) is 4.96. The molecule has 1 aromatic carbocycles. The normalized spacial score (nSPS) is 11.4. The topological polar surface area (TPSA) is 84.9 Å².